The van der Waals surface area contributed by atoms with Gasteiger partial charge in [-0.05, 0) is 25.7 Å². The van der Waals surface area contributed by atoms with Crippen molar-refractivity contribution in [2.24, 2.45) is 5.92 Å². The molecule has 0 bridgehead atoms. The summed E-state index contributed by atoms with van der Waals surface area (Å²) in [5.41, 5.74) is -0.669. The smallest absolute Gasteiger partial charge is 0.0647 e. The molecule has 2 atom stereocenters. The van der Waals surface area contributed by atoms with Gasteiger partial charge in [-0.2, -0.15) is 0 Å². The number of aliphatic hydroxyl groups excluding tert-OH is 1. The molecule has 1 fully saturated rings. The Kier molecular flexibility index (Phi) is 5.07. The quantitative estimate of drug-likeness (QED) is 0.739. The minimum absolute atomic E-state index is 0.344. The first-order chi connectivity index (χ1) is 7.03. The Hall–Kier alpha value is -0.0800. The first-order valence-corrected chi connectivity index (χ1v) is 6.44. The zero-order valence-corrected chi connectivity index (χ0v) is 10.2. The fourth-order valence-corrected chi connectivity index (χ4v) is 2.75. The SMILES string of the molecule is CCC(O)CC(C)(O)CC1CCCCC1. The number of aliphatic hydroxyl groups is 2. The van der Waals surface area contributed by atoms with Crippen LogP contribution in [0.2, 0.25) is 0 Å². The molecule has 1 rings (SSSR count). The Morgan fingerprint density at radius 2 is 1.87 bits per heavy atom. The second kappa shape index (κ2) is 5.86. The van der Waals surface area contributed by atoms with Gasteiger partial charge in [0.25, 0.3) is 0 Å². The van der Waals surface area contributed by atoms with Crippen LogP contribution in [0.25, 0.3) is 0 Å². The van der Waals surface area contributed by atoms with Crippen molar-refractivity contribution in [3.05, 3.63) is 0 Å². The van der Waals surface area contributed by atoms with Crippen LogP contribution in [0.5, 0.6) is 0 Å². The van der Waals surface area contributed by atoms with Crippen molar-refractivity contribution in [2.75, 3.05) is 0 Å². The molecule has 0 spiro atoms. The van der Waals surface area contributed by atoms with E-state index in [0.717, 1.165) is 12.8 Å². The third-order valence-electron chi connectivity index (χ3n) is 3.60. The van der Waals surface area contributed by atoms with Crippen LogP contribution in [0.15, 0.2) is 0 Å². The van der Waals surface area contributed by atoms with Gasteiger partial charge in [0, 0.05) is 6.42 Å². The predicted molar refractivity (Wildman–Crippen MR) is 62.7 cm³/mol. The molecule has 0 saturated heterocycles. The lowest BCUT2D eigenvalue weighted by atomic mass is 9.79. The van der Waals surface area contributed by atoms with Crippen LogP contribution in [-0.2, 0) is 0 Å². The van der Waals surface area contributed by atoms with E-state index in [-0.39, 0.29) is 6.10 Å². The molecule has 2 nitrogen and oxygen atoms in total. The van der Waals surface area contributed by atoms with E-state index in [0.29, 0.717) is 12.3 Å². The van der Waals surface area contributed by atoms with E-state index in [1.165, 1.54) is 32.1 Å². The first-order valence-electron chi connectivity index (χ1n) is 6.44. The summed E-state index contributed by atoms with van der Waals surface area (Å²) in [5, 5.41) is 19.8. The van der Waals surface area contributed by atoms with Gasteiger partial charge >= 0.3 is 0 Å². The second-order valence-corrected chi connectivity index (χ2v) is 5.47. The van der Waals surface area contributed by atoms with Crippen LogP contribution in [0.3, 0.4) is 0 Å². The summed E-state index contributed by atoms with van der Waals surface area (Å²) < 4.78 is 0. The van der Waals surface area contributed by atoms with E-state index < -0.39 is 5.60 Å². The lowest BCUT2D eigenvalue weighted by Crippen LogP contribution is -2.32. The first kappa shape index (κ1) is 13.0. The molecule has 0 aromatic heterocycles. The highest BCUT2D eigenvalue weighted by Crippen LogP contribution is 2.32. The summed E-state index contributed by atoms with van der Waals surface area (Å²) in [6, 6.07) is 0. The van der Waals surface area contributed by atoms with Gasteiger partial charge in [-0.25, -0.2) is 0 Å². The summed E-state index contributed by atoms with van der Waals surface area (Å²) in [7, 11) is 0. The fourth-order valence-electron chi connectivity index (χ4n) is 2.75. The van der Waals surface area contributed by atoms with Gasteiger partial charge in [-0.1, -0.05) is 39.0 Å². The van der Waals surface area contributed by atoms with Crippen LogP contribution >= 0.6 is 0 Å². The molecule has 90 valence electrons. The van der Waals surface area contributed by atoms with E-state index in [9.17, 15) is 10.2 Å². The van der Waals surface area contributed by atoms with Gasteiger partial charge < -0.3 is 10.2 Å². The Balaban J connectivity index is 2.33. The third-order valence-corrected chi connectivity index (χ3v) is 3.60. The van der Waals surface area contributed by atoms with Crippen LogP contribution in [0.4, 0.5) is 0 Å². The monoisotopic (exact) mass is 214 g/mol. The average Bonchev–Trinajstić information content (AvgIpc) is 2.17. The summed E-state index contributed by atoms with van der Waals surface area (Å²) >= 11 is 0. The molecule has 1 saturated carbocycles. The standard InChI is InChI=1S/C13H26O2/c1-3-12(14)10-13(2,15)9-11-7-5-4-6-8-11/h11-12,14-15H,3-10H2,1-2H3. The zero-order valence-electron chi connectivity index (χ0n) is 10.2. The molecule has 0 aromatic rings. The predicted octanol–water partition coefficient (Wildman–Crippen LogP) is 2.87. The van der Waals surface area contributed by atoms with Gasteiger partial charge in [0.05, 0.1) is 11.7 Å². The van der Waals surface area contributed by atoms with E-state index in [2.05, 4.69) is 0 Å². The fraction of sp³-hybridized carbons (Fsp3) is 1.00. The van der Waals surface area contributed by atoms with E-state index in [1.54, 1.807) is 0 Å². The van der Waals surface area contributed by atoms with Gasteiger partial charge in [-0.15, -0.1) is 0 Å². The molecule has 0 aromatic carbocycles. The highest BCUT2D eigenvalue weighted by molar-refractivity contribution is 4.81. The minimum atomic E-state index is -0.669. The summed E-state index contributed by atoms with van der Waals surface area (Å²) in [6.07, 6.45) is 8.30. The molecular weight excluding hydrogens is 188 g/mol. The highest BCUT2D eigenvalue weighted by atomic mass is 16.3. The topological polar surface area (TPSA) is 40.5 Å². The van der Waals surface area contributed by atoms with Crippen LogP contribution in [-0.4, -0.2) is 21.9 Å². The van der Waals surface area contributed by atoms with Crippen LogP contribution < -0.4 is 0 Å². The molecule has 1 aliphatic carbocycles. The third kappa shape index (κ3) is 4.98. The molecule has 0 heterocycles. The van der Waals surface area contributed by atoms with Gasteiger partial charge in [0.1, 0.15) is 0 Å². The van der Waals surface area contributed by atoms with Crippen molar-refractivity contribution in [2.45, 2.75) is 76.9 Å². The van der Waals surface area contributed by atoms with E-state index in [4.69, 9.17) is 0 Å². The second-order valence-electron chi connectivity index (χ2n) is 5.47. The molecular formula is C13H26O2. The van der Waals surface area contributed by atoms with Crippen molar-refractivity contribution < 1.29 is 10.2 Å². The normalized spacial score (nSPS) is 24.8. The Bertz CT molecular complexity index is 171. The zero-order chi connectivity index (χ0) is 11.3. The van der Waals surface area contributed by atoms with Gasteiger partial charge in [0.15, 0.2) is 0 Å². The van der Waals surface area contributed by atoms with Crippen molar-refractivity contribution in [3.8, 4) is 0 Å². The molecule has 0 aliphatic heterocycles. The molecule has 0 radical (unpaired) electrons. The summed E-state index contributed by atoms with van der Waals surface area (Å²) in [5.74, 6) is 0.679. The van der Waals surface area contributed by atoms with Crippen LogP contribution in [0, 0.1) is 5.92 Å². The maximum absolute atomic E-state index is 10.2. The van der Waals surface area contributed by atoms with Gasteiger partial charge in [-0.3, -0.25) is 0 Å². The lowest BCUT2D eigenvalue weighted by Gasteiger charge is -2.32. The number of hydrogen-bond donors (Lipinski definition) is 2. The Morgan fingerprint density at radius 1 is 1.27 bits per heavy atom. The van der Waals surface area contributed by atoms with Crippen molar-refractivity contribution in [3.63, 3.8) is 0 Å². The van der Waals surface area contributed by atoms with Crippen LogP contribution in [0.1, 0.15) is 65.2 Å². The Morgan fingerprint density at radius 3 is 2.40 bits per heavy atom. The van der Waals surface area contributed by atoms with E-state index in [1.807, 2.05) is 13.8 Å². The Labute approximate surface area is 93.7 Å². The largest absolute Gasteiger partial charge is 0.393 e. The molecule has 2 unspecified atom stereocenters. The molecule has 2 heteroatoms. The van der Waals surface area contributed by atoms with Crippen molar-refractivity contribution in [1.29, 1.82) is 0 Å². The number of rotatable bonds is 5. The maximum Gasteiger partial charge on any atom is 0.0647 e. The minimum Gasteiger partial charge on any atom is -0.393 e. The molecule has 2 N–H and O–H groups in total. The molecule has 0 amide bonds. The molecule has 1 aliphatic rings. The summed E-state index contributed by atoms with van der Waals surface area (Å²) in [4.78, 5) is 0. The maximum atomic E-state index is 10.2. The highest BCUT2D eigenvalue weighted by Gasteiger charge is 2.28. The van der Waals surface area contributed by atoms with Crippen molar-refractivity contribution >= 4 is 0 Å². The summed E-state index contributed by atoms with van der Waals surface area (Å²) in [6.45, 7) is 3.84. The number of hydrogen-bond acceptors (Lipinski definition) is 2. The van der Waals surface area contributed by atoms with E-state index >= 15 is 0 Å². The average molecular weight is 214 g/mol. The van der Waals surface area contributed by atoms with Gasteiger partial charge in [0.2, 0.25) is 0 Å². The molecule has 15 heavy (non-hydrogen) atoms. The lowest BCUT2D eigenvalue weighted by molar-refractivity contribution is -0.0184. The van der Waals surface area contributed by atoms with Crippen molar-refractivity contribution in [1.82, 2.24) is 0 Å².